The number of amides is 2. The second-order valence-electron chi connectivity index (χ2n) is 6.44. The summed E-state index contributed by atoms with van der Waals surface area (Å²) in [5.41, 5.74) is 6.36. The SMILES string of the molecule is C=CCn1c(SCC(=O)N2CCC[C@H](C(N)=O)C2)nnc1-c1ccccc1. The molecule has 1 fully saturated rings. The fourth-order valence-electron chi connectivity index (χ4n) is 3.14. The molecule has 142 valence electrons. The van der Waals surface area contributed by atoms with Crippen molar-refractivity contribution in [3.8, 4) is 11.4 Å². The van der Waals surface area contributed by atoms with Gasteiger partial charge in [0.15, 0.2) is 11.0 Å². The van der Waals surface area contributed by atoms with Crippen LogP contribution in [0.1, 0.15) is 12.8 Å². The van der Waals surface area contributed by atoms with Gasteiger partial charge in [-0.2, -0.15) is 0 Å². The molecule has 2 N–H and O–H groups in total. The zero-order valence-electron chi connectivity index (χ0n) is 15.1. The number of benzene rings is 1. The summed E-state index contributed by atoms with van der Waals surface area (Å²) in [7, 11) is 0. The highest BCUT2D eigenvalue weighted by Gasteiger charge is 2.27. The normalized spacial score (nSPS) is 16.9. The Kier molecular flexibility index (Phi) is 6.28. The van der Waals surface area contributed by atoms with Crippen LogP contribution in [0.5, 0.6) is 0 Å². The van der Waals surface area contributed by atoms with Crippen molar-refractivity contribution < 1.29 is 9.59 Å². The van der Waals surface area contributed by atoms with Crippen LogP contribution in [0.2, 0.25) is 0 Å². The third kappa shape index (κ3) is 4.57. The smallest absolute Gasteiger partial charge is 0.233 e. The number of aromatic nitrogens is 3. The molecule has 0 saturated carbocycles. The number of allylic oxidation sites excluding steroid dienone is 1. The Morgan fingerprint density at radius 1 is 1.30 bits per heavy atom. The molecule has 7 nitrogen and oxygen atoms in total. The van der Waals surface area contributed by atoms with Crippen LogP contribution in [0.25, 0.3) is 11.4 Å². The maximum absolute atomic E-state index is 12.6. The van der Waals surface area contributed by atoms with Gasteiger partial charge in [0.25, 0.3) is 0 Å². The molecule has 0 bridgehead atoms. The highest BCUT2D eigenvalue weighted by atomic mass is 32.2. The topological polar surface area (TPSA) is 94.1 Å². The van der Waals surface area contributed by atoms with Crippen molar-refractivity contribution in [3.63, 3.8) is 0 Å². The number of primary amides is 1. The fourth-order valence-corrected chi connectivity index (χ4v) is 3.99. The Bertz CT molecular complexity index is 821. The summed E-state index contributed by atoms with van der Waals surface area (Å²) >= 11 is 1.35. The molecule has 3 rings (SSSR count). The van der Waals surface area contributed by atoms with Gasteiger partial charge in [0.1, 0.15) is 0 Å². The second kappa shape index (κ2) is 8.85. The number of likely N-dealkylation sites (tertiary alicyclic amines) is 1. The Balaban J connectivity index is 1.69. The van der Waals surface area contributed by atoms with Crippen LogP contribution in [-0.4, -0.2) is 50.3 Å². The van der Waals surface area contributed by atoms with E-state index >= 15 is 0 Å². The summed E-state index contributed by atoms with van der Waals surface area (Å²) in [4.78, 5) is 25.7. The van der Waals surface area contributed by atoms with E-state index in [1.807, 2.05) is 34.9 Å². The molecule has 8 heteroatoms. The zero-order valence-corrected chi connectivity index (χ0v) is 15.9. The maximum atomic E-state index is 12.6. The zero-order chi connectivity index (χ0) is 19.2. The molecule has 2 heterocycles. The molecular formula is C19H23N5O2S. The quantitative estimate of drug-likeness (QED) is 0.581. The van der Waals surface area contributed by atoms with E-state index in [1.54, 1.807) is 11.0 Å². The second-order valence-corrected chi connectivity index (χ2v) is 7.38. The van der Waals surface area contributed by atoms with E-state index in [0.717, 1.165) is 24.2 Å². The van der Waals surface area contributed by atoms with E-state index in [1.165, 1.54) is 11.8 Å². The third-order valence-corrected chi connectivity index (χ3v) is 5.51. The van der Waals surface area contributed by atoms with Gasteiger partial charge in [-0.05, 0) is 12.8 Å². The number of piperidine rings is 1. The van der Waals surface area contributed by atoms with Crippen molar-refractivity contribution in [3.05, 3.63) is 43.0 Å². The van der Waals surface area contributed by atoms with E-state index in [9.17, 15) is 9.59 Å². The van der Waals surface area contributed by atoms with Gasteiger partial charge >= 0.3 is 0 Å². The Morgan fingerprint density at radius 3 is 2.78 bits per heavy atom. The number of thioether (sulfide) groups is 1. The molecule has 0 radical (unpaired) electrons. The summed E-state index contributed by atoms with van der Waals surface area (Å²) in [6.07, 6.45) is 3.33. The lowest BCUT2D eigenvalue weighted by Gasteiger charge is -2.31. The number of hydrogen-bond acceptors (Lipinski definition) is 5. The van der Waals surface area contributed by atoms with Crippen LogP contribution in [-0.2, 0) is 16.1 Å². The number of hydrogen-bond donors (Lipinski definition) is 1. The molecule has 1 aliphatic rings. The monoisotopic (exact) mass is 385 g/mol. The van der Waals surface area contributed by atoms with Gasteiger partial charge in [0, 0.05) is 25.2 Å². The van der Waals surface area contributed by atoms with Crippen molar-refractivity contribution in [2.45, 2.75) is 24.5 Å². The van der Waals surface area contributed by atoms with Crippen LogP contribution < -0.4 is 5.73 Å². The van der Waals surface area contributed by atoms with Crippen molar-refractivity contribution in [1.82, 2.24) is 19.7 Å². The molecule has 1 aromatic heterocycles. The molecule has 0 spiro atoms. The average molecular weight is 385 g/mol. The number of carbonyl (C=O) groups excluding carboxylic acids is 2. The molecule has 1 saturated heterocycles. The first-order chi connectivity index (χ1) is 13.1. The van der Waals surface area contributed by atoms with Gasteiger partial charge in [-0.1, -0.05) is 48.2 Å². The molecule has 1 atom stereocenters. The molecule has 27 heavy (non-hydrogen) atoms. The Labute approximate surface area is 162 Å². The van der Waals surface area contributed by atoms with Crippen molar-refractivity contribution in [1.29, 1.82) is 0 Å². The van der Waals surface area contributed by atoms with Crippen LogP contribution >= 0.6 is 11.8 Å². The van der Waals surface area contributed by atoms with Gasteiger partial charge < -0.3 is 10.6 Å². The van der Waals surface area contributed by atoms with E-state index in [2.05, 4.69) is 16.8 Å². The summed E-state index contributed by atoms with van der Waals surface area (Å²) in [6.45, 7) is 5.43. The average Bonchev–Trinajstić information content (AvgIpc) is 3.10. The first-order valence-electron chi connectivity index (χ1n) is 8.89. The van der Waals surface area contributed by atoms with Crippen LogP contribution in [0.4, 0.5) is 0 Å². The number of nitrogens with zero attached hydrogens (tertiary/aromatic N) is 4. The van der Waals surface area contributed by atoms with E-state index in [4.69, 9.17) is 5.73 Å². The minimum atomic E-state index is -0.335. The molecule has 1 aromatic carbocycles. The van der Waals surface area contributed by atoms with Crippen molar-refractivity contribution in [2.75, 3.05) is 18.8 Å². The van der Waals surface area contributed by atoms with Crippen molar-refractivity contribution >= 4 is 23.6 Å². The number of carbonyl (C=O) groups is 2. The highest BCUT2D eigenvalue weighted by molar-refractivity contribution is 7.99. The summed E-state index contributed by atoms with van der Waals surface area (Å²) in [6, 6.07) is 9.79. The first kappa shape index (κ1) is 19.2. The third-order valence-electron chi connectivity index (χ3n) is 4.56. The van der Waals surface area contributed by atoms with Gasteiger partial charge in [0.05, 0.1) is 11.7 Å². The molecule has 2 amide bonds. The van der Waals surface area contributed by atoms with Crippen LogP contribution in [0.3, 0.4) is 0 Å². The molecule has 0 aliphatic carbocycles. The van der Waals surface area contributed by atoms with E-state index in [0.29, 0.717) is 24.8 Å². The molecule has 1 aliphatic heterocycles. The van der Waals surface area contributed by atoms with E-state index in [-0.39, 0.29) is 23.5 Å². The summed E-state index contributed by atoms with van der Waals surface area (Å²) < 4.78 is 1.95. The standard InChI is InChI=1S/C19H23N5O2S/c1-2-10-24-18(14-7-4-3-5-8-14)21-22-19(24)27-13-16(25)23-11-6-9-15(12-23)17(20)26/h2-5,7-8,15H,1,6,9-13H2,(H2,20,26)/t15-/m0/s1. The Morgan fingerprint density at radius 2 is 2.07 bits per heavy atom. The maximum Gasteiger partial charge on any atom is 0.233 e. The predicted octanol–water partition coefficient (Wildman–Crippen LogP) is 1.95. The summed E-state index contributed by atoms with van der Waals surface area (Å²) in [5.74, 6) is 0.396. The summed E-state index contributed by atoms with van der Waals surface area (Å²) in [5, 5.41) is 9.22. The minimum absolute atomic E-state index is 0.0136. The molecular weight excluding hydrogens is 362 g/mol. The fraction of sp³-hybridized carbons (Fsp3) is 0.368. The van der Waals surface area contributed by atoms with Gasteiger partial charge in [-0.15, -0.1) is 16.8 Å². The first-order valence-corrected chi connectivity index (χ1v) is 9.88. The molecule has 0 unspecified atom stereocenters. The highest BCUT2D eigenvalue weighted by Crippen LogP contribution is 2.25. The van der Waals surface area contributed by atoms with Gasteiger partial charge in [0.2, 0.25) is 11.8 Å². The lowest BCUT2D eigenvalue weighted by molar-refractivity contribution is -0.132. The number of nitrogens with two attached hydrogens (primary N) is 1. The number of rotatable bonds is 7. The van der Waals surface area contributed by atoms with E-state index < -0.39 is 0 Å². The lowest BCUT2D eigenvalue weighted by Crippen LogP contribution is -2.44. The van der Waals surface area contributed by atoms with Crippen LogP contribution in [0.15, 0.2) is 48.1 Å². The Hall–Kier alpha value is -2.61. The predicted molar refractivity (Wildman–Crippen MR) is 105 cm³/mol. The van der Waals surface area contributed by atoms with Gasteiger partial charge in [-0.25, -0.2) is 0 Å². The molecule has 2 aromatic rings. The van der Waals surface area contributed by atoms with Crippen LogP contribution in [0, 0.1) is 5.92 Å². The van der Waals surface area contributed by atoms with Gasteiger partial charge in [-0.3, -0.25) is 14.2 Å². The lowest BCUT2D eigenvalue weighted by atomic mass is 9.97. The van der Waals surface area contributed by atoms with Crippen molar-refractivity contribution in [2.24, 2.45) is 11.7 Å². The largest absolute Gasteiger partial charge is 0.369 e. The minimum Gasteiger partial charge on any atom is -0.369 e.